The standard InChI is InChI=1S/C14H11BrClN3O/c1-20-13-7-9(3-4-10(13)16)19-12-5-2-8(15)6-11(12)18-14(19)17/h2-7H,1H3,(H2,17,18). The molecule has 0 fully saturated rings. The zero-order valence-corrected chi connectivity index (χ0v) is 12.9. The number of imidazole rings is 1. The second kappa shape index (κ2) is 5.00. The quantitative estimate of drug-likeness (QED) is 0.757. The maximum Gasteiger partial charge on any atom is 0.205 e. The third kappa shape index (κ3) is 2.13. The summed E-state index contributed by atoms with van der Waals surface area (Å²) in [5.41, 5.74) is 8.63. The highest BCUT2D eigenvalue weighted by atomic mass is 79.9. The van der Waals surface area contributed by atoms with Crippen LogP contribution in [-0.4, -0.2) is 16.7 Å². The third-order valence-corrected chi connectivity index (χ3v) is 3.84. The summed E-state index contributed by atoms with van der Waals surface area (Å²) in [6.07, 6.45) is 0. The first kappa shape index (κ1) is 13.3. The van der Waals surface area contributed by atoms with Crippen molar-refractivity contribution in [2.45, 2.75) is 0 Å². The van der Waals surface area contributed by atoms with Crippen molar-refractivity contribution >= 4 is 44.5 Å². The fourth-order valence-electron chi connectivity index (χ4n) is 2.13. The highest BCUT2D eigenvalue weighted by Gasteiger charge is 2.12. The smallest absolute Gasteiger partial charge is 0.205 e. The zero-order valence-electron chi connectivity index (χ0n) is 10.6. The Kier molecular flexibility index (Phi) is 3.31. The van der Waals surface area contributed by atoms with Gasteiger partial charge in [-0.3, -0.25) is 4.57 Å². The van der Waals surface area contributed by atoms with Crippen molar-refractivity contribution < 1.29 is 4.74 Å². The van der Waals surface area contributed by atoms with Gasteiger partial charge in [0.2, 0.25) is 5.95 Å². The van der Waals surface area contributed by atoms with Crippen LogP contribution in [0.5, 0.6) is 5.75 Å². The molecule has 0 saturated heterocycles. The molecule has 3 aromatic rings. The van der Waals surface area contributed by atoms with Crippen LogP contribution in [0, 0.1) is 0 Å². The van der Waals surface area contributed by atoms with E-state index in [-0.39, 0.29) is 0 Å². The van der Waals surface area contributed by atoms with Gasteiger partial charge in [-0.05, 0) is 30.3 Å². The molecule has 102 valence electrons. The monoisotopic (exact) mass is 351 g/mol. The lowest BCUT2D eigenvalue weighted by atomic mass is 10.2. The maximum absolute atomic E-state index is 6.05. The second-order valence-electron chi connectivity index (χ2n) is 4.26. The number of anilines is 1. The van der Waals surface area contributed by atoms with Crippen LogP contribution < -0.4 is 10.5 Å². The van der Waals surface area contributed by atoms with E-state index in [0.29, 0.717) is 16.7 Å². The highest BCUT2D eigenvalue weighted by molar-refractivity contribution is 9.10. The molecule has 0 amide bonds. The lowest BCUT2D eigenvalue weighted by Crippen LogP contribution is -2.01. The van der Waals surface area contributed by atoms with Crippen LogP contribution >= 0.6 is 27.5 Å². The summed E-state index contributed by atoms with van der Waals surface area (Å²) in [5, 5.41) is 0.557. The van der Waals surface area contributed by atoms with Crippen molar-refractivity contribution in [2.75, 3.05) is 12.8 Å². The van der Waals surface area contributed by atoms with Crippen LogP contribution in [0.4, 0.5) is 5.95 Å². The van der Waals surface area contributed by atoms with Gasteiger partial charge in [0, 0.05) is 10.5 Å². The molecule has 2 N–H and O–H groups in total. The Morgan fingerprint density at radius 3 is 2.80 bits per heavy atom. The zero-order chi connectivity index (χ0) is 14.3. The number of nitrogens with two attached hydrogens (primary N) is 1. The molecule has 0 unspecified atom stereocenters. The number of benzene rings is 2. The minimum absolute atomic E-state index is 0.419. The minimum atomic E-state index is 0.419. The number of aromatic nitrogens is 2. The summed E-state index contributed by atoms with van der Waals surface area (Å²) in [6, 6.07) is 11.3. The first-order valence-corrected chi connectivity index (χ1v) is 7.04. The molecule has 0 atom stereocenters. The normalized spacial score (nSPS) is 10.9. The summed E-state index contributed by atoms with van der Waals surface area (Å²) in [5.74, 6) is 1.02. The Balaban J connectivity index is 2.26. The van der Waals surface area contributed by atoms with Crippen molar-refractivity contribution in [1.82, 2.24) is 9.55 Å². The number of nitrogens with zero attached hydrogens (tertiary/aromatic N) is 2. The average molecular weight is 353 g/mol. The number of fused-ring (bicyclic) bond motifs is 1. The van der Waals surface area contributed by atoms with Gasteiger partial charge in [-0.1, -0.05) is 27.5 Å². The summed E-state index contributed by atoms with van der Waals surface area (Å²) in [7, 11) is 1.58. The molecule has 20 heavy (non-hydrogen) atoms. The van der Waals surface area contributed by atoms with Crippen molar-refractivity contribution in [3.8, 4) is 11.4 Å². The van der Waals surface area contributed by atoms with Crippen LogP contribution in [0.15, 0.2) is 40.9 Å². The number of ether oxygens (including phenoxy) is 1. The second-order valence-corrected chi connectivity index (χ2v) is 5.58. The molecule has 0 aliphatic rings. The minimum Gasteiger partial charge on any atom is -0.495 e. The lowest BCUT2D eigenvalue weighted by Gasteiger charge is -2.09. The third-order valence-electron chi connectivity index (χ3n) is 3.04. The molecular formula is C14H11BrClN3O. The van der Waals surface area contributed by atoms with Gasteiger partial charge in [-0.15, -0.1) is 0 Å². The molecule has 2 aromatic carbocycles. The van der Waals surface area contributed by atoms with Crippen LogP contribution in [0.3, 0.4) is 0 Å². The Labute approximate surface area is 129 Å². The number of methoxy groups -OCH3 is 1. The summed E-state index contributed by atoms with van der Waals surface area (Å²) in [4.78, 5) is 4.37. The number of hydrogen-bond donors (Lipinski definition) is 1. The van der Waals surface area contributed by atoms with E-state index in [2.05, 4.69) is 20.9 Å². The Bertz CT molecular complexity index is 800. The largest absolute Gasteiger partial charge is 0.495 e. The van der Waals surface area contributed by atoms with E-state index in [0.717, 1.165) is 21.2 Å². The van der Waals surface area contributed by atoms with E-state index in [9.17, 15) is 0 Å². The number of nitrogen functional groups attached to an aromatic ring is 1. The van der Waals surface area contributed by atoms with Crippen molar-refractivity contribution in [3.05, 3.63) is 45.9 Å². The predicted molar refractivity (Wildman–Crippen MR) is 84.7 cm³/mol. The van der Waals surface area contributed by atoms with E-state index < -0.39 is 0 Å². The molecule has 0 aliphatic carbocycles. The summed E-state index contributed by atoms with van der Waals surface area (Å²) >= 11 is 9.48. The first-order valence-electron chi connectivity index (χ1n) is 5.87. The molecule has 1 heterocycles. The number of rotatable bonds is 2. The van der Waals surface area contributed by atoms with Gasteiger partial charge >= 0.3 is 0 Å². The highest BCUT2D eigenvalue weighted by Crippen LogP contribution is 2.30. The van der Waals surface area contributed by atoms with Crippen LogP contribution in [-0.2, 0) is 0 Å². The molecule has 0 saturated carbocycles. The van der Waals surface area contributed by atoms with Gasteiger partial charge < -0.3 is 10.5 Å². The molecule has 0 radical (unpaired) electrons. The van der Waals surface area contributed by atoms with Gasteiger partial charge in [0.25, 0.3) is 0 Å². The van der Waals surface area contributed by atoms with Crippen LogP contribution in [0.2, 0.25) is 5.02 Å². The van der Waals surface area contributed by atoms with Gasteiger partial charge in [0.1, 0.15) is 5.75 Å². The van der Waals surface area contributed by atoms with Gasteiger partial charge in [-0.25, -0.2) is 4.98 Å². The fraction of sp³-hybridized carbons (Fsp3) is 0.0714. The van der Waals surface area contributed by atoms with E-state index in [1.54, 1.807) is 13.2 Å². The molecule has 4 nitrogen and oxygen atoms in total. The van der Waals surface area contributed by atoms with Gasteiger partial charge in [0.15, 0.2) is 0 Å². The Hall–Kier alpha value is -1.72. The predicted octanol–water partition coefficient (Wildman–Crippen LogP) is 4.03. The van der Waals surface area contributed by atoms with E-state index in [1.165, 1.54) is 0 Å². The summed E-state index contributed by atoms with van der Waals surface area (Å²) in [6.45, 7) is 0. The SMILES string of the molecule is COc1cc(-n2c(N)nc3cc(Br)ccc32)ccc1Cl. The molecule has 3 rings (SSSR count). The molecular weight excluding hydrogens is 342 g/mol. The molecule has 1 aromatic heterocycles. The van der Waals surface area contributed by atoms with Crippen molar-refractivity contribution in [3.63, 3.8) is 0 Å². The number of halogens is 2. The maximum atomic E-state index is 6.05. The van der Waals surface area contributed by atoms with Crippen molar-refractivity contribution in [2.24, 2.45) is 0 Å². The first-order chi connectivity index (χ1) is 9.60. The van der Waals surface area contributed by atoms with Gasteiger partial charge in [-0.2, -0.15) is 0 Å². The van der Waals surface area contributed by atoms with Crippen LogP contribution in [0.25, 0.3) is 16.7 Å². The fourth-order valence-corrected chi connectivity index (χ4v) is 2.67. The van der Waals surface area contributed by atoms with Gasteiger partial charge in [0.05, 0.1) is 28.9 Å². The lowest BCUT2D eigenvalue weighted by molar-refractivity contribution is 0.415. The topological polar surface area (TPSA) is 53.1 Å². The summed E-state index contributed by atoms with van der Waals surface area (Å²) < 4.78 is 8.06. The molecule has 6 heteroatoms. The van der Waals surface area contributed by atoms with E-state index in [1.807, 2.05) is 34.9 Å². The van der Waals surface area contributed by atoms with E-state index in [4.69, 9.17) is 22.1 Å². The van der Waals surface area contributed by atoms with Crippen molar-refractivity contribution in [1.29, 1.82) is 0 Å². The molecule has 0 spiro atoms. The average Bonchev–Trinajstić information content (AvgIpc) is 2.74. The Morgan fingerprint density at radius 1 is 1.25 bits per heavy atom. The molecule has 0 aliphatic heterocycles. The number of hydrogen-bond acceptors (Lipinski definition) is 3. The van der Waals surface area contributed by atoms with Crippen LogP contribution in [0.1, 0.15) is 0 Å². The Morgan fingerprint density at radius 2 is 2.05 bits per heavy atom. The molecule has 0 bridgehead atoms. The van der Waals surface area contributed by atoms with E-state index >= 15 is 0 Å².